The van der Waals surface area contributed by atoms with Crippen molar-refractivity contribution in [3.8, 4) is 0 Å². The van der Waals surface area contributed by atoms with E-state index in [9.17, 15) is 22.4 Å². The van der Waals surface area contributed by atoms with E-state index in [-0.39, 0.29) is 32.7 Å². The topological polar surface area (TPSA) is 86.8 Å². The summed E-state index contributed by atoms with van der Waals surface area (Å²) >= 11 is 12.5. The number of nitrogens with zero attached hydrogens (tertiary/aromatic N) is 2. The Hall–Kier alpha value is -3.14. The van der Waals surface area contributed by atoms with Crippen LogP contribution < -0.4 is 9.62 Å². The van der Waals surface area contributed by atoms with Gasteiger partial charge in [-0.1, -0.05) is 59.1 Å². The zero-order valence-electron chi connectivity index (χ0n) is 21.1. The highest BCUT2D eigenvalue weighted by atomic mass is 35.5. The zero-order chi connectivity index (χ0) is 28.0. The largest absolute Gasteiger partial charge is 0.355 e. The number of hydrogen-bond donors (Lipinski definition) is 1. The Balaban J connectivity index is 2.09. The van der Waals surface area contributed by atoms with Crippen LogP contribution >= 0.6 is 23.2 Å². The summed E-state index contributed by atoms with van der Waals surface area (Å²) < 4.78 is 43.0. The van der Waals surface area contributed by atoms with Crippen molar-refractivity contribution in [2.75, 3.05) is 17.4 Å². The number of nitrogens with one attached hydrogen (secondary N) is 1. The molecule has 7 nitrogen and oxygen atoms in total. The first-order chi connectivity index (χ1) is 17.9. The van der Waals surface area contributed by atoms with Crippen LogP contribution in [0.4, 0.5) is 10.1 Å². The second-order valence-electron chi connectivity index (χ2n) is 8.60. The number of aryl methyl sites for hydroxylation is 1. The van der Waals surface area contributed by atoms with E-state index < -0.39 is 40.2 Å². The fraction of sp³-hybridized carbons (Fsp3) is 0.259. The molecule has 3 aromatic rings. The average Bonchev–Trinajstić information content (AvgIpc) is 2.88. The molecule has 0 heterocycles. The van der Waals surface area contributed by atoms with E-state index in [1.165, 1.54) is 55.5 Å². The van der Waals surface area contributed by atoms with Crippen molar-refractivity contribution in [2.24, 2.45) is 0 Å². The van der Waals surface area contributed by atoms with E-state index in [4.69, 9.17) is 23.2 Å². The van der Waals surface area contributed by atoms with Gasteiger partial charge in [0.15, 0.2) is 0 Å². The molecule has 0 aliphatic carbocycles. The number of anilines is 1. The van der Waals surface area contributed by atoms with Crippen LogP contribution in [-0.4, -0.2) is 44.3 Å². The van der Waals surface area contributed by atoms with Crippen molar-refractivity contribution in [3.05, 3.63) is 93.7 Å². The summed E-state index contributed by atoms with van der Waals surface area (Å²) in [6.07, 6.45) is 0. The predicted octanol–water partition coefficient (Wildman–Crippen LogP) is 5.19. The minimum Gasteiger partial charge on any atom is -0.355 e. The van der Waals surface area contributed by atoms with Crippen molar-refractivity contribution in [1.82, 2.24) is 10.2 Å². The number of halogens is 3. The number of carbonyl (C=O) groups is 2. The molecule has 0 saturated heterocycles. The highest BCUT2D eigenvalue weighted by Gasteiger charge is 2.33. The Morgan fingerprint density at radius 2 is 1.68 bits per heavy atom. The second-order valence-corrected chi connectivity index (χ2v) is 11.3. The normalized spacial score (nSPS) is 12.1. The van der Waals surface area contributed by atoms with Gasteiger partial charge in [-0.15, -0.1) is 0 Å². The molecule has 0 bridgehead atoms. The van der Waals surface area contributed by atoms with E-state index in [0.29, 0.717) is 6.54 Å². The third-order valence-corrected chi connectivity index (χ3v) is 8.21. The van der Waals surface area contributed by atoms with Crippen LogP contribution in [0.1, 0.15) is 25.0 Å². The summed E-state index contributed by atoms with van der Waals surface area (Å²) in [6.45, 7) is 4.38. The van der Waals surface area contributed by atoms with E-state index in [1.54, 1.807) is 25.1 Å². The summed E-state index contributed by atoms with van der Waals surface area (Å²) in [4.78, 5) is 27.5. The molecular weight excluding hydrogens is 552 g/mol. The number of carbonyl (C=O) groups excluding carboxylic acids is 2. The smallest absolute Gasteiger partial charge is 0.264 e. The summed E-state index contributed by atoms with van der Waals surface area (Å²) in [5.74, 6) is -1.76. The Morgan fingerprint density at radius 3 is 2.32 bits per heavy atom. The van der Waals surface area contributed by atoms with Crippen molar-refractivity contribution in [1.29, 1.82) is 0 Å². The molecule has 11 heteroatoms. The SMILES string of the molecule is CCNC(=O)[C@H](C)N(Cc1ccccc1F)C(=O)CN(c1cc(Cl)ccc1Cl)S(=O)(=O)c1ccc(C)cc1. The number of benzene rings is 3. The van der Waals surface area contributed by atoms with Gasteiger partial charge < -0.3 is 10.2 Å². The van der Waals surface area contributed by atoms with Crippen molar-refractivity contribution in [3.63, 3.8) is 0 Å². The number of sulfonamides is 1. The molecule has 0 aliphatic rings. The van der Waals surface area contributed by atoms with Gasteiger partial charge in [0.2, 0.25) is 11.8 Å². The van der Waals surface area contributed by atoms with Gasteiger partial charge >= 0.3 is 0 Å². The van der Waals surface area contributed by atoms with Gasteiger partial charge in [0.05, 0.1) is 15.6 Å². The van der Waals surface area contributed by atoms with Gasteiger partial charge in [-0.25, -0.2) is 12.8 Å². The van der Waals surface area contributed by atoms with Crippen LogP contribution in [0.2, 0.25) is 10.0 Å². The monoisotopic (exact) mass is 579 g/mol. The lowest BCUT2D eigenvalue weighted by Crippen LogP contribution is -2.51. The van der Waals surface area contributed by atoms with Crippen LogP contribution in [0.5, 0.6) is 0 Å². The fourth-order valence-electron chi connectivity index (χ4n) is 3.74. The molecule has 1 atom stereocenters. The number of rotatable bonds is 10. The lowest BCUT2D eigenvalue weighted by molar-refractivity contribution is -0.139. The Labute approximate surface area is 232 Å². The van der Waals surface area contributed by atoms with E-state index >= 15 is 0 Å². The Bertz CT molecular complexity index is 1420. The molecule has 2 amide bonds. The molecule has 0 unspecified atom stereocenters. The minimum atomic E-state index is -4.31. The molecule has 0 radical (unpaired) electrons. The maximum Gasteiger partial charge on any atom is 0.264 e. The first-order valence-corrected chi connectivity index (χ1v) is 14.0. The van der Waals surface area contributed by atoms with Crippen LogP contribution in [0, 0.1) is 12.7 Å². The van der Waals surface area contributed by atoms with Crippen LogP contribution in [0.25, 0.3) is 0 Å². The van der Waals surface area contributed by atoms with E-state index in [0.717, 1.165) is 14.8 Å². The number of amides is 2. The van der Waals surface area contributed by atoms with Crippen molar-refractivity contribution in [2.45, 2.75) is 38.3 Å². The third kappa shape index (κ3) is 6.83. The van der Waals surface area contributed by atoms with Crippen molar-refractivity contribution >= 4 is 50.7 Å². The standard InChI is InChI=1S/C27H28Cl2FN3O4S/c1-4-31-27(35)19(3)32(16-20-7-5-6-8-24(20)30)26(34)17-33(25-15-21(28)11-14-23(25)29)38(36,37)22-12-9-18(2)10-13-22/h5-15,19H,4,16-17H2,1-3H3,(H,31,35)/t19-/m0/s1. The molecule has 0 saturated carbocycles. The van der Waals surface area contributed by atoms with E-state index in [2.05, 4.69) is 5.32 Å². The second kappa shape index (κ2) is 12.6. The summed E-state index contributed by atoms with van der Waals surface area (Å²) in [5, 5.41) is 2.91. The van der Waals surface area contributed by atoms with Crippen LogP contribution in [0.15, 0.2) is 71.6 Å². The Morgan fingerprint density at radius 1 is 1.03 bits per heavy atom. The van der Waals surface area contributed by atoms with Crippen LogP contribution in [-0.2, 0) is 26.2 Å². The molecule has 1 N–H and O–H groups in total. The zero-order valence-corrected chi connectivity index (χ0v) is 23.4. The lowest BCUT2D eigenvalue weighted by atomic mass is 10.1. The van der Waals surface area contributed by atoms with Crippen molar-refractivity contribution < 1.29 is 22.4 Å². The molecule has 38 heavy (non-hydrogen) atoms. The van der Waals surface area contributed by atoms with Gasteiger partial charge in [-0.3, -0.25) is 13.9 Å². The minimum absolute atomic E-state index is 0.00963. The summed E-state index contributed by atoms with van der Waals surface area (Å²) in [5.41, 5.74) is 1.01. The molecule has 0 fully saturated rings. The van der Waals surface area contributed by atoms with Gasteiger partial charge in [-0.05, 0) is 57.2 Å². The molecule has 3 rings (SSSR count). The molecular formula is C27H28Cl2FN3O4S. The van der Waals surface area contributed by atoms with Gasteiger partial charge in [0.25, 0.3) is 10.0 Å². The number of hydrogen-bond acceptors (Lipinski definition) is 4. The highest BCUT2D eigenvalue weighted by Crippen LogP contribution is 2.33. The third-order valence-electron chi connectivity index (χ3n) is 5.88. The van der Waals surface area contributed by atoms with Crippen LogP contribution in [0.3, 0.4) is 0 Å². The first-order valence-electron chi connectivity index (χ1n) is 11.8. The summed E-state index contributed by atoms with van der Waals surface area (Å²) in [6, 6.07) is 15.2. The first kappa shape index (κ1) is 29.4. The quantitative estimate of drug-likeness (QED) is 0.358. The Kier molecular flexibility index (Phi) is 9.76. The predicted molar refractivity (Wildman–Crippen MR) is 147 cm³/mol. The van der Waals surface area contributed by atoms with Gasteiger partial charge in [-0.2, -0.15) is 0 Å². The molecule has 202 valence electrons. The molecule has 0 spiro atoms. The molecule has 0 aliphatic heterocycles. The molecule has 3 aromatic carbocycles. The maximum atomic E-state index is 14.5. The average molecular weight is 581 g/mol. The van der Waals surface area contributed by atoms with Gasteiger partial charge in [0.1, 0.15) is 18.4 Å². The summed E-state index contributed by atoms with van der Waals surface area (Å²) in [7, 11) is -4.31. The molecule has 0 aromatic heterocycles. The highest BCUT2D eigenvalue weighted by molar-refractivity contribution is 7.92. The number of likely N-dealkylation sites (N-methyl/N-ethyl adjacent to an activating group) is 1. The maximum absolute atomic E-state index is 14.5. The lowest BCUT2D eigenvalue weighted by Gasteiger charge is -2.32. The fourth-order valence-corrected chi connectivity index (χ4v) is 5.60. The van der Waals surface area contributed by atoms with Gasteiger partial charge in [0, 0.05) is 23.7 Å². The van der Waals surface area contributed by atoms with E-state index in [1.807, 2.05) is 6.92 Å².